The zero-order chi connectivity index (χ0) is 18.3. The van der Waals surface area contributed by atoms with Crippen LogP contribution in [0.5, 0.6) is 0 Å². The van der Waals surface area contributed by atoms with Crippen LogP contribution in [-0.4, -0.2) is 17.0 Å². The van der Waals surface area contributed by atoms with Gasteiger partial charge in [0.1, 0.15) is 5.82 Å². The molecule has 3 aromatic rings. The standard InChI is InChI=1S/C20H19FN2O2S/c1-12-17(19(24)22-10-13-2-3-13)18-16(26-12)8-9-23(20(18)25)11-14-4-6-15(21)7-5-14/h4-9,13H,2-3,10-11H2,1H3,(H,22,24). The van der Waals surface area contributed by atoms with Crippen molar-refractivity contribution in [3.63, 3.8) is 0 Å². The molecule has 26 heavy (non-hydrogen) atoms. The Kier molecular flexibility index (Phi) is 4.36. The van der Waals surface area contributed by atoms with Crippen LogP contribution in [0.15, 0.2) is 41.3 Å². The lowest BCUT2D eigenvalue weighted by molar-refractivity contribution is 0.0953. The molecule has 2 heterocycles. The Bertz CT molecular complexity index is 1030. The SMILES string of the molecule is Cc1sc2ccn(Cc3ccc(F)cc3)c(=O)c2c1C(=O)NCC1CC1. The van der Waals surface area contributed by atoms with Gasteiger partial charge in [-0.1, -0.05) is 12.1 Å². The first-order chi connectivity index (χ1) is 12.5. The summed E-state index contributed by atoms with van der Waals surface area (Å²) < 4.78 is 15.5. The van der Waals surface area contributed by atoms with E-state index in [2.05, 4.69) is 5.32 Å². The van der Waals surface area contributed by atoms with Gasteiger partial charge in [0.2, 0.25) is 0 Å². The second-order valence-corrected chi connectivity index (χ2v) is 8.06. The van der Waals surface area contributed by atoms with Gasteiger partial charge in [-0.15, -0.1) is 11.3 Å². The van der Waals surface area contributed by atoms with Crippen molar-refractivity contribution in [1.29, 1.82) is 0 Å². The maximum absolute atomic E-state index is 13.1. The van der Waals surface area contributed by atoms with Crippen molar-refractivity contribution < 1.29 is 9.18 Å². The quantitative estimate of drug-likeness (QED) is 0.745. The second-order valence-electron chi connectivity index (χ2n) is 6.80. The molecule has 4 rings (SSSR count). The number of carbonyl (C=O) groups excluding carboxylic acids is 1. The number of aryl methyl sites for hydroxylation is 1. The number of hydrogen-bond donors (Lipinski definition) is 1. The average Bonchev–Trinajstić information content (AvgIpc) is 3.38. The predicted octanol–water partition coefficient (Wildman–Crippen LogP) is 3.70. The minimum Gasteiger partial charge on any atom is -0.352 e. The third-order valence-corrected chi connectivity index (χ3v) is 5.80. The Morgan fingerprint density at radius 2 is 2.00 bits per heavy atom. The molecule has 0 radical (unpaired) electrons. The van der Waals surface area contributed by atoms with Crippen molar-refractivity contribution in [2.45, 2.75) is 26.3 Å². The van der Waals surface area contributed by atoms with E-state index in [4.69, 9.17) is 0 Å². The van der Waals surface area contributed by atoms with Gasteiger partial charge in [0.25, 0.3) is 11.5 Å². The van der Waals surface area contributed by atoms with Gasteiger partial charge in [-0.25, -0.2) is 4.39 Å². The summed E-state index contributed by atoms with van der Waals surface area (Å²) in [6.45, 7) is 2.89. The number of aromatic nitrogens is 1. The first-order valence-corrected chi connectivity index (χ1v) is 9.50. The highest BCUT2D eigenvalue weighted by atomic mass is 32.1. The number of halogens is 1. The lowest BCUT2D eigenvalue weighted by Gasteiger charge is -2.08. The Morgan fingerprint density at radius 3 is 2.69 bits per heavy atom. The fraction of sp³-hybridized carbons (Fsp3) is 0.300. The number of benzene rings is 1. The van der Waals surface area contributed by atoms with E-state index in [9.17, 15) is 14.0 Å². The predicted molar refractivity (Wildman–Crippen MR) is 101 cm³/mol. The van der Waals surface area contributed by atoms with E-state index in [1.54, 1.807) is 22.9 Å². The first kappa shape index (κ1) is 17.0. The van der Waals surface area contributed by atoms with Gasteiger partial charge in [-0.2, -0.15) is 0 Å². The molecule has 134 valence electrons. The van der Waals surface area contributed by atoms with E-state index in [-0.39, 0.29) is 17.3 Å². The monoisotopic (exact) mass is 370 g/mol. The number of amides is 1. The minimum atomic E-state index is -0.306. The molecule has 0 aliphatic heterocycles. The summed E-state index contributed by atoms with van der Waals surface area (Å²) in [4.78, 5) is 26.5. The average molecular weight is 370 g/mol. The second kappa shape index (κ2) is 6.68. The van der Waals surface area contributed by atoms with Crippen molar-refractivity contribution >= 4 is 27.3 Å². The molecular formula is C20H19FN2O2S. The van der Waals surface area contributed by atoms with E-state index in [1.807, 2.05) is 13.0 Å². The molecule has 1 aromatic carbocycles. The number of rotatable bonds is 5. The molecule has 6 heteroatoms. The van der Waals surface area contributed by atoms with Crippen molar-refractivity contribution in [2.75, 3.05) is 6.54 Å². The van der Waals surface area contributed by atoms with E-state index in [0.717, 1.165) is 28.0 Å². The van der Waals surface area contributed by atoms with Crippen LogP contribution in [0.1, 0.15) is 33.6 Å². The molecule has 0 unspecified atom stereocenters. The maximum atomic E-state index is 13.1. The Balaban J connectivity index is 1.71. The molecule has 1 amide bonds. The molecule has 1 aliphatic carbocycles. The van der Waals surface area contributed by atoms with Crippen LogP contribution >= 0.6 is 11.3 Å². The van der Waals surface area contributed by atoms with Crippen LogP contribution in [0, 0.1) is 18.7 Å². The molecule has 4 nitrogen and oxygen atoms in total. The molecule has 0 atom stereocenters. The third kappa shape index (κ3) is 3.29. The zero-order valence-corrected chi connectivity index (χ0v) is 15.2. The highest BCUT2D eigenvalue weighted by Crippen LogP contribution is 2.30. The number of nitrogens with one attached hydrogen (secondary N) is 1. The summed E-state index contributed by atoms with van der Waals surface area (Å²) in [6.07, 6.45) is 4.05. The normalized spacial score (nSPS) is 13.9. The molecule has 1 fully saturated rings. The third-order valence-electron chi connectivity index (χ3n) is 4.73. The summed E-state index contributed by atoms with van der Waals surface area (Å²) in [6, 6.07) is 7.95. The number of carbonyl (C=O) groups is 1. The van der Waals surface area contributed by atoms with Gasteiger partial charge in [0, 0.05) is 22.3 Å². The molecule has 2 aromatic heterocycles. The van der Waals surface area contributed by atoms with Crippen LogP contribution in [0.2, 0.25) is 0 Å². The van der Waals surface area contributed by atoms with Crippen molar-refractivity contribution in [2.24, 2.45) is 5.92 Å². The van der Waals surface area contributed by atoms with E-state index >= 15 is 0 Å². The molecule has 0 spiro atoms. The number of thiophene rings is 1. The largest absolute Gasteiger partial charge is 0.352 e. The summed E-state index contributed by atoms with van der Waals surface area (Å²) in [5.74, 6) is 0.108. The minimum absolute atomic E-state index is 0.169. The molecule has 1 saturated carbocycles. The fourth-order valence-electron chi connectivity index (χ4n) is 3.10. The van der Waals surface area contributed by atoms with Crippen molar-refractivity contribution in [3.8, 4) is 0 Å². The van der Waals surface area contributed by atoms with Crippen LogP contribution in [0.3, 0.4) is 0 Å². The number of nitrogens with zero attached hydrogens (tertiary/aromatic N) is 1. The van der Waals surface area contributed by atoms with Crippen LogP contribution < -0.4 is 10.9 Å². The number of pyridine rings is 1. The van der Waals surface area contributed by atoms with Gasteiger partial charge in [0.15, 0.2) is 0 Å². The summed E-state index contributed by atoms with van der Waals surface area (Å²) in [5, 5.41) is 3.44. The highest BCUT2D eigenvalue weighted by Gasteiger charge is 2.24. The maximum Gasteiger partial charge on any atom is 0.260 e. The Morgan fingerprint density at radius 1 is 1.27 bits per heavy atom. The van der Waals surface area contributed by atoms with Gasteiger partial charge in [-0.05, 0) is 49.4 Å². The summed E-state index contributed by atoms with van der Waals surface area (Å²) in [7, 11) is 0. The lowest BCUT2D eigenvalue weighted by Crippen LogP contribution is -2.28. The molecule has 0 saturated heterocycles. The number of hydrogen-bond acceptors (Lipinski definition) is 3. The fourth-order valence-corrected chi connectivity index (χ4v) is 4.14. The molecule has 0 bridgehead atoms. The molecule has 1 aliphatic rings. The topological polar surface area (TPSA) is 51.1 Å². The van der Waals surface area contributed by atoms with Crippen LogP contribution in [0.4, 0.5) is 4.39 Å². The van der Waals surface area contributed by atoms with Gasteiger partial charge in [0.05, 0.1) is 17.5 Å². The summed E-state index contributed by atoms with van der Waals surface area (Å²) >= 11 is 1.46. The van der Waals surface area contributed by atoms with Crippen LogP contribution in [0.25, 0.3) is 10.1 Å². The van der Waals surface area contributed by atoms with E-state index in [1.165, 1.54) is 23.5 Å². The van der Waals surface area contributed by atoms with Crippen molar-refractivity contribution in [3.05, 3.63) is 68.7 Å². The Hall–Kier alpha value is -2.47. The van der Waals surface area contributed by atoms with E-state index < -0.39 is 0 Å². The van der Waals surface area contributed by atoms with Gasteiger partial charge >= 0.3 is 0 Å². The highest BCUT2D eigenvalue weighted by molar-refractivity contribution is 7.19. The van der Waals surface area contributed by atoms with Crippen LogP contribution in [-0.2, 0) is 6.54 Å². The lowest BCUT2D eigenvalue weighted by atomic mass is 10.1. The number of fused-ring (bicyclic) bond motifs is 1. The summed E-state index contributed by atoms with van der Waals surface area (Å²) in [5.41, 5.74) is 1.14. The zero-order valence-electron chi connectivity index (χ0n) is 14.4. The Labute approximate surface area is 154 Å². The first-order valence-electron chi connectivity index (χ1n) is 8.68. The molecule has 1 N–H and O–H groups in total. The smallest absolute Gasteiger partial charge is 0.260 e. The van der Waals surface area contributed by atoms with Gasteiger partial charge in [-0.3, -0.25) is 9.59 Å². The van der Waals surface area contributed by atoms with E-state index in [0.29, 0.717) is 30.0 Å². The van der Waals surface area contributed by atoms with Gasteiger partial charge < -0.3 is 9.88 Å². The molecular weight excluding hydrogens is 351 g/mol. The van der Waals surface area contributed by atoms with Crippen molar-refractivity contribution in [1.82, 2.24) is 9.88 Å².